The average molecular weight is 442 g/mol. The fourth-order valence-electron chi connectivity index (χ4n) is 2.97. The second-order valence-corrected chi connectivity index (χ2v) is 9.17. The molecule has 0 atom stereocenters. The van der Waals surface area contributed by atoms with Crippen LogP contribution in [0.4, 0.5) is 5.13 Å². The van der Waals surface area contributed by atoms with Crippen molar-refractivity contribution >= 4 is 34.1 Å². The highest BCUT2D eigenvalue weighted by molar-refractivity contribution is 7.99. The van der Waals surface area contributed by atoms with E-state index in [1.807, 2.05) is 17.6 Å². The Hall–Kier alpha value is -2.45. The second kappa shape index (κ2) is 10.5. The van der Waals surface area contributed by atoms with E-state index in [-0.39, 0.29) is 11.7 Å². The van der Waals surface area contributed by atoms with Gasteiger partial charge in [-0.05, 0) is 20.3 Å². The topological polar surface area (TPSA) is 72.7 Å². The molecule has 0 spiro atoms. The van der Waals surface area contributed by atoms with Gasteiger partial charge in [-0.1, -0.05) is 61.0 Å². The molecule has 6 nitrogen and oxygen atoms in total. The molecule has 8 heteroatoms. The molecule has 0 radical (unpaired) electrons. The fourth-order valence-corrected chi connectivity index (χ4v) is 4.59. The van der Waals surface area contributed by atoms with E-state index in [4.69, 9.17) is 0 Å². The first-order valence-corrected chi connectivity index (χ1v) is 11.8. The van der Waals surface area contributed by atoms with Crippen molar-refractivity contribution in [2.75, 3.05) is 11.1 Å². The maximum atomic E-state index is 12.5. The number of aryl methyl sites for hydroxylation is 3. The van der Waals surface area contributed by atoms with Crippen molar-refractivity contribution in [3.63, 3.8) is 0 Å². The van der Waals surface area contributed by atoms with Crippen LogP contribution < -0.4 is 5.32 Å². The van der Waals surface area contributed by atoms with Crippen LogP contribution in [-0.4, -0.2) is 31.4 Å². The third-order valence-corrected chi connectivity index (χ3v) is 6.41. The lowest BCUT2D eigenvalue weighted by molar-refractivity contribution is -0.113. The van der Waals surface area contributed by atoms with E-state index in [1.54, 1.807) is 0 Å². The minimum absolute atomic E-state index is 0.104. The van der Waals surface area contributed by atoms with Crippen molar-refractivity contribution in [3.8, 4) is 11.3 Å². The van der Waals surface area contributed by atoms with Crippen LogP contribution in [-0.2, 0) is 17.8 Å². The van der Waals surface area contributed by atoms with Gasteiger partial charge in [0.05, 0.1) is 11.4 Å². The molecule has 1 aromatic carbocycles. The zero-order valence-electron chi connectivity index (χ0n) is 17.6. The van der Waals surface area contributed by atoms with E-state index in [1.165, 1.54) is 28.7 Å². The molecule has 2 aromatic heterocycles. The van der Waals surface area contributed by atoms with Crippen molar-refractivity contribution in [3.05, 3.63) is 53.2 Å². The molecule has 30 heavy (non-hydrogen) atoms. The standard InChI is InChI=1S/C22H27N5OS2/c1-5-7-8-18-25-26-22(27(18)13-6-2)29-14-19(28)23-21-24-20(16(4)30-21)17-11-9-15(3)10-12-17/h6,9-12H,2,5,7-8,13-14H2,1,3-4H3,(H,23,24,28). The number of nitrogens with one attached hydrogen (secondary N) is 1. The first kappa shape index (κ1) is 22.2. The van der Waals surface area contributed by atoms with Gasteiger partial charge >= 0.3 is 0 Å². The summed E-state index contributed by atoms with van der Waals surface area (Å²) in [5.41, 5.74) is 3.18. The highest BCUT2D eigenvalue weighted by Crippen LogP contribution is 2.30. The maximum Gasteiger partial charge on any atom is 0.236 e. The molecule has 0 bridgehead atoms. The molecule has 0 aliphatic rings. The first-order valence-electron chi connectivity index (χ1n) is 10.0. The Labute approximate surface area is 185 Å². The summed E-state index contributed by atoms with van der Waals surface area (Å²) in [6.45, 7) is 10.7. The highest BCUT2D eigenvalue weighted by atomic mass is 32.2. The number of thiazole rings is 1. The van der Waals surface area contributed by atoms with E-state index in [0.29, 0.717) is 11.7 Å². The number of anilines is 1. The van der Waals surface area contributed by atoms with E-state index < -0.39 is 0 Å². The lowest BCUT2D eigenvalue weighted by atomic mass is 10.1. The normalized spacial score (nSPS) is 10.9. The number of thioether (sulfide) groups is 1. The summed E-state index contributed by atoms with van der Waals surface area (Å²) in [5, 5.41) is 12.8. The fraction of sp³-hybridized carbons (Fsp3) is 0.364. The monoisotopic (exact) mass is 441 g/mol. The zero-order chi connectivity index (χ0) is 21.5. The molecule has 0 fully saturated rings. The van der Waals surface area contributed by atoms with Gasteiger partial charge in [0.2, 0.25) is 5.91 Å². The van der Waals surface area contributed by atoms with Crippen LogP contribution in [0.5, 0.6) is 0 Å². The number of aromatic nitrogens is 4. The number of rotatable bonds is 10. The molecule has 3 rings (SSSR count). The number of unbranched alkanes of at least 4 members (excludes halogenated alkanes) is 1. The first-order chi connectivity index (χ1) is 14.5. The molecule has 0 saturated heterocycles. The smallest absolute Gasteiger partial charge is 0.236 e. The quantitative estimate of drug-likeness (QED) is 0.342. The van der Waals surface area contributed by atoms with Crippen LogP contribution in [0, 0.1) is 13.8 Å². The van der Waals surface area contributed by atoms with Gasteiger partial charge in [0.1, 0.15) is 5.82 Å². The van der Waals surface area contributed by atoms with Crippen molar-refractivity contribution in [1.82, 2.24) is 19.7 Å². The van der Waals surface area contributed by atoms with Gasteiger partial charge < -0.3 is 9.88 Å². The summed E-state index contributed by atoms with van der Waals surface area (Å²) in [6, 6.07) is 8.25. The number of benzene rings is 1. The third-order valence-electron chi connectivity index (χ3n) is 4.56. The molecule has 1 amide bonds. The van der Waals surface area contributed by atoms with Gasteiger partial charge in [-0.3, -0.25) is 4.79 Å². The maximum absolute atomic E-state index is 12.5. The Bertz CT molecular complexity index is 1010. The van der Waals surface area contributed by atoms with E-state index >= 15 is 0 Å². The van der Waals surface area contributed by atoms with Gasteiger partial charge in [-0.25, -0.2) is 4.98 Å². The lowest BCUT2D eigenvalue weighted by Crippen LogP contribution is -2.14. The number of hydrogen-bond donors (Lipinski definition) is 1. The van der Waals surface area contributed by atoms with Gasteiger partial charge in [-0.2, -0.15) is 0 Å². The summed E-state index contributed by atoms with van der Waals surface area (Å²) >= 11 is 2.87. The summed E-state index contributed by atoms with van der Waals surface area (Å²) in [4.78, 5) is 18.2. The van der Waals surface area contributed by atoms with Crippen LogP contribution in [0.3, 0.4) is 0 Å². The number of hydrogen-bond acceptors (Lipinski definition) is 6. The largest absolute Gasteiger partial charge is 0.302 e. The minimum Gasteiger partial charge on any atom is -0.302 e. The van der Waals surface area contributed by atoms with Crippen molar-refractivity contribution in [1.29, 1.82) is 0 Å². The van der Waals surface area contributed by atoms with E-state index in [0.717, 1.165) is 46.4 Å². The van der Waals surface area contributed by atoms with Crippen LogP contribution in [0.2, 0.25) is 0 Å². The molecular weight excluding hydrogens is 414 g/mol. The third kappa shape index (κ3) is 5.58. The highest BCUT2D eigenvalue weighted by Gasteiger charge is 2.15. The van der Waals surface area contributed by atoms with E-state index in [2.05, 4.69) is 65.2 Å². The predicted octanol–water partition coefficient (Wildman–Crippen LogP) is 5.28. The van der Waals surface area contributed by atoms with Gasteiger partial charge in [0.25, 0.3) is 0 Å². The Kier molecular flexibility index (Phi) is 7.81. The summed E-state index contributed by atoms with van der Waals surface area (Å²) in [7, 11) is 0. The minimum atomic E-state index is -0.104. The Morgan fingerprint density at radius 1 is 1.27 bits per heavy atom. The second-order valence-electron chi connectivity index (χ2n) is 7.03. The number of nitrogens with zero attached hydrogens (tertiary/aromatic N) is 4. The summed E-state index contributed by atoms with van der Waals surface area (Å²) in [5.74, 6) is 1.09. The average Bonchev–Trinajstić information content (AvgIpc) is 3.28. The predicted molar refractivity (Wildman–Crippen MR) is 125 cm³/mol. The molecule has 0 unspecified atom stereocenters. The van der Waals surface area contributed by atoms with Gasteiger partial charge in [0.15, 0.2) is 10.3 Å². The Morgan fingerprint density at radius 2 is 2.03 bits per heavy atom. The summed E-state index contributed by atoms with van der Waals surface area (Å²) in [6.07, 6.45) is 4.87. The van der Waals surface area contributed by atoms with Gasteiger partial charge in [0, 0.05) is 23.4 Å². The molecule has 0 aliphatic carbocycles. The van der Waals surface area contributed by atoms with Gasteiger partial charge in [-0.15, -0.1) is 28.1 Å². The Balaban J connectivity index is 1.63. The lowest BCUT2D eigenvalue weighted by Gasteiger charge is -2.07. The number of carbonyl (C=O) groups is 1. The number of allylic oxidation sites excluding steroid dienone is 1. The van der Waals surface area contributed by atoms with E-state index in [9.17, 15) is 4.79 Å². The number of carbonyl (C=O) groups excluding carboxylic acids is 1. The van der Waals surface area contributed by atoms with Crippen molar-refractivity contribution in [2.45, 2.75) is 51.7 Å². The molecule has 3 aromatic rings. The summed E-state index contributed by atoms with van der Waals surface area (Å²) < 4.78 is 2.03. The van der Waals surface area contributed by atoms with Crippen LogP contribution >= 0.6 is 23.1 Å². The van der Waals surface area contributed by atoms with Crippen molar-refractivity contribution < 1.29 is 4.79 Å². The molecule has 158 valence electrons. The molecule has 2 heterocycles. The SMILES string of the molecule is C=CCn1c(CCCC)nnc1SCC(=O)Nc1nc(-c2ccc(C)cc2)c(C)s1. The number of amides is 1. The Morgan fingerprint density at radius 3 is 2.73 bits per heavy atom. The van der Waals surface area contributed by atoms with Crippen LogP contribution in [0.1, 0.15) is 36.0 Å². The zero-order valence-corrected chi connectivity index (χ0v) is 19.3. The molecule has 0 saturated carbocycles. The molecule has 0 aliphatic heterocycles. The van der Waals surface area contributed by atoms with Crippen LogP contribution in [0.25, 0.3) is 11.3 Å². The molecule has 1 N–H and O–H groups in total. The molecular formula is C22H27N5OS2. The van der Waals surface area contributed by atoms with Crippen molar-refractivity contribution in [2.24, 2.45) is 0 Å². The van der Waals surface area contributed by atoms with Crippen LogP contribution in [0.15, 0.2) is 42.1 Å².